The van der Waals surface area contributed by atoms with Crippen LogP contribution in [0.1, 0.15) is 18.0 Å². The highest BCUT2D eigenvalue weighted by Crippen LogP contribution is 2.24. The number of alkyl halides is 1. The summed E-state index contributed by atoms with van der Waals surface area (Å²) in [5.74, 6) is 0.0189. The molecule has 0 aliphatic carbocycles. The molecule has 1 heterocycles. The zero-order chi connectivity index (χ0) is 13.1. The van der Waals surface area contributed by atoms with Crippen molar-refractivity contribution in [1.29, 1.82) is 0 Å². The van der Waals surface area contributed by atoms with Gasteiger partial charge in [-0.1, -0.05) is 23.7 Å². The number of rotatable bonds is 3. The van der Waals surface area contributed by atoms with Crippen LogP contribution in [-0.4, -0.2) is 29.3 Å². The molecule has 4 nitrogen and oxygen atoms in total. The summed E-state index contributed by atoms with van der Waals surface area (Å²) in [5.41, 5.74) is 0.828. The Morgan fingerprint density at radius 3 is 2.78 bits per heavy atom. The number of carbonyl (C=O) groups is 2. The third-order valence-corrected chi connectivity index (χ3v) is 3.19. The van der Waals surface area contributed by atoms with E-state index in [4.69, 9.17) is 23.2 Å². The average molecular weight is 287 g/mol. The molecule has 0 bridgehead atoms. The van der Waals surface area contributed by atoms with E-state index in [2.05, 4.69) is 5.32 Å². The molecule has 96 valence electrons. The third-order valence-electron chi connectivity index (χ3n) is 2.78. The minimum absolute atomic E-state index is 0.218. The Bertz CT molecular complexity index is 461. The number of carbonyl (C=O) groups excluding carboxylic acids is 2. The molecule has 6 heteroatoms. The van der Waals surface area contributed by atoms with E-state index in [1.54, 1.807) is 18.2 Å². The number of imide groups is 1. The van der Waals surface area contributed by atoms with Crippen molar-refractivity contribution in [3.05, 3.63) is 34.9 Å². The van der Waals surface area contributed by atoms with Gasteiger partial charge < -0.3 is 5.32 Å². The van der Waals surface area contributed by atoms with Crippen LogP contribution in [-0.2, 0) is 4.79 Å². The summed E-state index contributed by atoms with van der Waals surface area (Å²) in [7, 11) is 0. The van der Waals surface area contributed by atoms with E-state index in [9.17, 15) is 9.59 Å². The number of halogens is 2. The van der Waals surface area contributed by atoms with E-state index >= 15 is 0 Å². The highest BCUT2D eigenvalue weighted by molar-refractivity contribution is 6.30. The Morgan fingerprint density at radius 2 is 2.17 bits per heavy atom. The Hall–Kier alpha value is -1.26. The normalized spacial score (nSPS) is 19.9. The quantitative estimate of drug-likeness (QED) is 0.869. The number of amides is 3. The standard InChI is InChI=1S/C12H12Cl2N2O2/c13-4-5-16-11(17)7-10(15-12(16)18)8-2-1-3-9(14)6-8/h1-3,6,10H,4-5,7H2,(H,15,18). The predicted molar refractivity (Wildman–Crippen MR) is 69.8 cm³/mol. The Kier molecular flexibility index (Phi) is 4.09. The second-order valence-electron chi connectivity index (χ2n) is 4.00. The molecule has 1 atom stereocenters. The molecule has 1 fully saturated rings. The van der Waals surface area contributed by atoms with Crippen LogP contribution in [0.15, 0.2) is 24.3 Å². The van der Waals surface area contributed by atoms with Gasteiger partial charge in [-0.25, -0.2) is 4.79 Å². The van der Waals surface area contributed by atoms with Crippen LogP contribution in [0.4, 0.5) is 4.79 Å². The molecule has 2 rings (SSSR count). The lowest BCUT2D eigenvalue weighted by Gasteiger charge is -2.31. The van der Waals surface area contributed by atoms with Crippen LogP contribution in [0.2, 0.25) is 5.02 Å². The molecule has 0 aromatic heterocycles. The van der Waals surface area contributed by atoms with Gasteiger partial charge in [0.15, 0.2) is 0 Å². The number of nitrogens with zero attached hydrogens (tertiary/aromatic N) is 1. The molecule has 0 saturated carbocycles. The predicted octanol–water partition coefficient (Wildman–Crippen LogP) is 2.56. The fraction of sp³-hybridized carbons (Fsp3) is 0.333. The van der Waals surface area contributed by atoms with Crippen molar-refractivity contribution in [2.45, 2.75) is 12.5 Å². The van der Waals surface area contributed by atoms with E-state index < -0.39 is 6.03 Å². The summed E-state index contributed by atoms with van der Waals surface area (Å²) in [6.45, 7) is 0.231. The van der Waals surface area contributed by atoms with Gasteiger partial charge in [0.25, 0.3) is 0 Å². The third kappa shape index (κ3) is 2.76. The smallest absolute Gasteiger partial charge is 0.324 e. The minimum Gasteiger partial charge on any atom is -0.330 e. The topological polar surface area (TPSA) is 49.4 Å². The first-order valence-corrected chi connectivity index (χ1v) is 6.45. The van der Waals surface area contributed by atoms with Gasteiger partial charge in [0.2, 0.25) is 5.91 Å². The number of benzene rings is 1. The zero-order valence-corrected chi connectivity index (χ0v) is 11.0. The lowest BCUT2D eigenvalue weighted by molar-refractivity contribution is -0.130. The lowest BCUT2D eigenvalue weighted by atomic mass is 10.0. The van der Waals surface area contributed by atoms with Gasteiger partial charge in [0.1, 0.15) is 0 Å². The highest BCUT2D eigenvalue weighted by Gasteiger charge is 2.32. The summed E-state index contributed by atoms with van der Waals surface area (Å²) in [6, 6.07) is 6.39. The minimum atomic E-state index is -0.406. The Labute approximate surface area is 115 Å². The number of hydrogen-bond donors (Lipinski definition) is 1. The number of nitrogens with one attached hydrogen (secondary N) is 1. The zero-order valence-electron chi connectivity index (χ0n) is 9.53. The fourth-order valence-corrected chi connectivity index (χ4v) is 2.28. The summed E-state index contributed by atoms with van der Waals surface area (Å²) >= 11 is 11.4. The van der Waals surface area contributed by atoms with Gasteiger partial charge in [-0.15, -0.1) is 11.6 Å². The molecule has 0 radical (unpaired) electrons. The maximum Gasteiger partial charge on any atom is 0.324 e. The van der Waals surface area contributed by atoms with Gasteiger partial charge in [-0.2, -0.15) is 0 Å². The second-order valence-corrected chi connectivity index (χ2v) is 4.81. The largest absolute Gasteiger partial charge is 0.330 e. The van der Waals surface area contributed by atoms with Gasteiger partial charge in [-0.05, 0) is 17.7 Å². The van der Waals surface area contributed by atoms with E-state index in [1.165, 1.54) is 0 Å². The number of hydrogen-bond acceptors (Lipinski definition) is 2. The van der Waals surface area contributed by atoms with Gasteiger partial charge in [0, 0.05) is 17.4 Å². The van der Waals surface area contributed by atoms with Crippen molar-refractivity contribution in [1.82, 2.24) is 10.2 Å². The maximum absolute atomic E-state index is 11.8. The van der Waals surface area contributed by atoms with E-state index in [1.807, 2.05) is 6.07 Å². The molecular formula is C12H12Cl2N2O2. The Morgan fingerprint density at radius 1 is 1.39 bits per heavy atom. The lowest BCUT2D eigenvalue weighted by Crippen LogP contribution is -2.51. The second kappa shape index (κ2) is 5.59. The molecule has 1 N–H and O–H groups in total. The van der Waals surface area contributed by atoms with Crippen molar-refractivity contribution in [3.8, 4) is 0 Å². The van der Waals surface area contributed by atoms with Crippen LogP contribution in [0, 0.1) is 0 Å². The van der Waals surface area contributed by atoms with Crippen LogP contribution in [0.5, 0.6) is 0 Å². The Balaban J connectivity index is 2.15. The first-order chi connectivity index (χ1) is 8.61. The fourth-order valence-electron chi connectivity index (χ4n) is 1.91. The molecule has 1 aliphatic rings. The van der Waals surface area contributed by atoms with E-state index in [0.29, 0.717) is 5.02 Å². The van der Waals surface area contributed by atoms with Gasteiger partial charge in [0.05, 0.1) is 12.5 Å². The highest BCUT2D eigenvalue weighted by atomic mass is 35.5. The first-order valence-electron chi connectivity index (χ1n) is 5.54. The van der Waals surface area contributed by atoms with Gasteiger partial charge in [-0.3, -0.25) is 9.69 Å². The molecule has 1 unspecified atom stereocenters. The molecule has 18 heavy (non-hydrogen) atoms. The number of urea groups is 1. The van der Waals surface area contributed by atoms with Gasteiger partial charge >= 0.3 is 6.03 Å². The van der Waals surface area contributed by atoms with Crippen molar-refractivity contribution >= 4 is 35.1 Å². The van der Waals surface area contributed by atoms with Crippen LogP contribution in [0.25, 0.3) is 0 Å². The SMILES string of the molecule is O=C1CC(c2cccc(Cl)c2)NC(=O)N1CCCl. The van der Waals surface area contributed by atoms with Crippen LogP contribution < -0.4 is 5.32 Å². The molecule has 3 amide bonds. The summed E-state index contributed by atoms with van der Waals surface area (Å²) in [6.07, 6.45) is 0.225. The van der Waals surface area contributed by atoms with Crippen molar-refractivity contribution in [2.24, 2.45) is 0 Å². The molecule has 0 spiro atoms. The van der Waals surface area contributed by atoms with Crippen molar-refractivity contribution < 1.29 is 9.59 Å². The first kappa shape index (κ1) is 13.2. The summed E-state index contributed by atoms with van der Waals surface area (Å²) in [5, 5.41) is 3.35. The van der Waals surface area contributed by atoms with Crippen molar-refractivity contribution in [3.63, 3.8) is 0 Å². The molecular weight excluding hydrogens is 275 g/mol. The summed E-state index contributed by atoms with van der Waals surface area (Å²) in [4.78, 5) is 24.7. The van der Waals surface area contributed by atoms with E-state index in [-0.39, 0.29) is 30.8 Å². The monoisotopic (exact) mass is 286 g/mol. The van der Waals surface area contributed by atoms with Crippen LogP contribution >= 0.6 is 23.2 Å². The average Bonchev–Trinajstić information content (AvgIpc) is 2.33. The maximum atomic E-state index is 11.8. The van der Waals surface area contributed by atoms with E-state index in [0.717, 1.165) is 10.5 Å². The molecule has 1 aliphatic heterocycles. The summed E-state index contributed by atoms with van der Waals surface area (Å²) < 4.78 is 0. The molecule has 1 saturated heterocycles. The van der Waals surface area contributed by atoms with Crippen LogP contribution in [0.3, 0.4) is 0 Å². The molecule has 1 aromatic carbocycles. The van der Waals surface area contributed by atoms with Crippen molar-refractivity contribution in [2.75, 3.05) is 12.4 Å². The molecule has 1 aromatic rings.